The summed E-state index contributed by atoms with van der Waals surface area (Å²) in [5, 5.41) is 8.16. The number of anilines is 1. The Morgan fingerprint density at radius 3 is 2.21 bits per heavy atom. The van der Waals surface area contributed by atoms with Crippen LogP contribution in [0, 0.1) is 10.8 Å². The molecular formula is C31H37N3O4S. The molecule has 1 aliphatic rings. The highest BCUT2D eigenvalue weighted by Crippen LogP contribution is 2.42. The zero-order valence-electron chi connectivity index (χ0n) is 23.0. The van der Waals surface area contributed by atoms with E-state index in [1.807, 2.05) is 52.0 Å². The summed E-state index contributed by atoms with van der Waals surface area (Å²) in [6, 6.07) is 20.3. The number of carbonyl (C=O) groups excluding carboxylic acids is 2. The normalized spacial score (nSPS) is 17.4. The summed E-state index contributed by atoms with van der Waals surface area (Å²) in [6.07, 6.45) is 2.16. The molecule has 2 N–H and O–H groups in total. The molecular weight excluding hydrogens is 510 g/mol. The quantitative estimate of drug-likeness (QED) is 0.382. The van der Waals surface area contributed by atoms with Crippen LogP contribution < -0.4 is 10.6 Å². The Hall–Kier alpha value is -3.49. The number of rotatable bonds is 8. The molecule has 0 atom stereocenters. The number of nitrogens with one attached hydrogen (secondary N) is 2. The Morgan fingerprint density at radius 1 is 0.949 bits per heavy atom. The van der Waals surface area contributed by atoms with E-state index >= 15 is 0 Å². The average Bonchev–Trinajstić information content (AvgIpc) is 2.89. The second-order valence-corrected chi connectivity index (χ2v) is 13.5. The number of hydrogen-bond acceptors (Lipinski definition) is 4. The summed E-state index contributed by atoms with van der Waals surface area (Å²) in [5.74, 6) is -0.405. The number of hydrogen-bond donors (Lipinski definition) is 2. The Kier molecular flexibility index (Phi) is 8.00. The van der Waals surface area contributed by atoms with Crippen molar-refractivity contribution in [1.29, 1.82) is 0 Å². The minimum Gasteiger partial charge on any atom is -0.349 e. The zero-order valence-corrected chi connectivity index (χ0v) is 23.8. The second-order valence-electron chi connectivity index (χ2n) is 11.6. The smallest absolute Gasteiger partial charge is 0.243 e. The first-order valence-corrected chi connectivity index (χ1v) is 14.6. The Labute approximate surface area is 231 Å². The van der Waals surface area contributed by atoms with Gasteiger partial charge in [-0.3, -0.25) is 9.59 Å². The van der Waals surface area contributed by atoms with Crippen LogP contribution in [0.4, 0.5) is 5.69 Å². The molecule has 3 aromatic rings. The van der Waals surface area contributed by atoms with Crippen LogP contribution in [0.3, 0.4) is 0 Å². The van der Waals surface area contributed by atoms with Crippen molar-refractivity contribution in [2.24, 2.45) is 10.8 Å². The van der Waals surface area contributed by atoms with E-state index in [-0.39, 0.29) is 35.8 Å². The molecule has 0 radical (unpaired) electrons. The fourth-order valence-corrected chi connectivity index (χ4v) is 7.59. The molecule has 0 unspecified atom stereocenters. The fraction of sp³-hybridized carbons (Fsp3) is 0.355. The van der Waals surface area contributed by atoms with Gasteiger partial charge in [-0.1, -0.05) is 76.7 Å². The van der Waals surface area contributed by atoms with Crippen LogP contribution >= 0.6 is 0 Å². The third kappa shape index (κ3) is 6.23. The number of piperidine rings is 1. The Balaban J connectivity index is 1.42. The van der Waals surface area contributed by atoms with Crippen LogP contribution in [0.25, 0.3) is 10.8 Å². The van der Waals surface area contributed by atoms with E-state index in [4.69, 9.17) is 0 Å². The van der Waals surface area contributed by atoms with Crippen molar-refractivity contribution < 1.29 is 18.0 Å². The first-order valence-electron chi connectivity index (χ1n) is 13.1. The van der Waals surface area contributed by atoms with E-state index in [2.05, 4.69) is 35.4 Å². The summed E-state index contributed by atoms with van der Waals surface area (Å²) in [7, 11) is -3.79. The van der Waals surface area contributed by atoms with Crippen molar-refractivity contribution in [2.75, 3.05) is 18.4 Å². The third-order valence-corrected chi connectivity index (χ3v) is 9.29. The molecule has 39 heavy (non-hydrogen) atoms. The van der Waals surface area contributed by atoms with Gasteiger partial charge in [0.15, 0.2) is 0 Å². The molecule has 0 bridgehead atoms. The third-order valence-electron chi connectivity index (χ3n) is 7.48. The number of nitrogens with zero attached hydrogens (tertiary/aromatic N) is 1. The zero-order chi connectivity index (χ0) is 28.4. The molecule has 0 saturated carbocycles. The van der Waals surface area contributed by atoms with E-state index in [0.29, 0.717) is 18.5 Å². The Bertz CT molecular complexity index is 1470. The predicted molar refractivity (Wildman–Crippen MR) is 156 cm³/mol. The van der Waals surface area contributed by atoms with E-state index in [1.54, 1.807) is 12.1 Å². The first-order chi connectivity index (χ1) is 18.3. The number of fused-ring (bicyclic) bond motifs is 1. The van der Waals surface area contributed by atoms with E-state index < -0.39 is 20.9 Å². The standard InChI is InChI=1S/C31H37N3O4S/c1-6-27(35)33-29-30(2,3)20-34(21-31(29,4)5)39(37,38)25-17-15-24(16-18-25)32-28(36)19-14-23-12-9-11-22-10-7-8-13-26(22)23/h6-13,15-18,29H,1,14,19-21H2,2-5H3,(H,32,36)(H,33,35). The van der Waals surface area contributed by atoms with Crippen LogP contribution in [-0.2, 0) is 26.0 Å². The minimum atomic E-state index is -3.79. The van der Waals surface area contributed by atoms with Gasteiger partial charge in [-0.25, -0.2) is 8.42 Å². The number of sulfonamides is 1. The maximum Gasteiger partial charge on any atom is 0.243 e. The largest absolute Gasteiger partial charge is 0.349 e. The minimum absolute atomic E-state index is 0.134. The topological polar surface area (TPSA) is 95.6 Å². The number of aryl methyl sites for hydroxylation is 1. The maximum absolute atomic E-state index is 13.6. The summed E-state index contributed by atoms with van der Waals surface area (Å²) in [6.45, 7) is 11.9. The lowest BCUT2D eigenvalue weighted by molar-refractivity contribution is -0.120. The van der Waals surface area contributed by atoms with Gasteiger partial charge in [0.05, 0.1) is 4.90 Å². The van der Waals surface area contributed by atoms with Crippen molar-refractivity contribution in [3.05, 3.63) is 84.9 Å². The summed E-state index contributed by atoms with van der Waals surface area (Å²) < 4.78 is 28.7. The summed E-state index contributed by atoms with van der Waals surface area (Å²) in [4.78, 5) is 24.9. The molecule has 0 spiro atoms. The molecule has 3 aromatic carbocycles. The van der Waals surface area contributed by atoms with Gasteiger partial charge in [0.25, 0.3) is 0 Å². The molecule has 4 rings (SSSR count). The molecule has 2 amide bonds. The van der Waals surface area contributed by atoms with Crippen LogP contribution in [-0.4, -0.2) is 43.7 Å². The lowest BCUT2D eigenvalue weighted by Gasteiger charge is -2.52. The van der Waals surface area contributed by atoms with Crippen molar-refractivity contribution in [2.45, 2.75) is 51.5 Å². The van der Waals surface area contributed by atoms with Gasteiger partial charge < -0.3 is 10.6 Å². The van der Waals surface area contributed by atoms with Gasteiger partial charge in [0.1, 0.15) is 0 Å². The highest BCUT2D eigenvalue weighted by molar-refractivity contribution is 7.89. The van der Waals surface area contributed by atoms with E-state index in [9.17, 15) is 18.0 Å². The molecule has 1 aliphatic heterocycles. The monoisotopic (exact) mass is 547 g/mol. The fourth-order valence-electron chi connectivity index (χ4n) is 5.81. The molecule has 206 valence electrons. The van der Waals surface area contributed by atoms with Crippen LogP contribution in [0.15, 0.2) is 84.3 Å². The van der Waals surface area contributed by atoms with Crippen molar-refractivity contribution in [1.82, 2.24) is 9.62 Å². The van der Waals surface area contributed by atoms with Gasteiger partial charge in [-0.15, -0.1) is 0 Å². The maximum atomic E-state index is 13.6. The summed E-state index contributed by atoms with van der Waals surface area (Å²) in [5.41, 5.74) is 0.642. The molecule has 7 nitrogen and oxygen atoms in total. The second kappa shape index (κ2) is 10.9. The van der Waals surface area contributed by atoms with Crippen LogP contribution in [0.2, 0.25) is 0 Å². The molecule has 1 saturated heterocycles. The molecule has 1 heterocycles. The Morgan fingerprint density at radius 2 is 1.56 bits per heavy atom. The predicted octanol–water partition coefficient (Wildman–Crippen LogP) is 5.14. The molecule has 8 heteroatoms. The number of benzene rings is 3. The van der Waals surface area contributed by atoms with E-state index in [0.717, 1.165) is 16.3 Å². The molecule has 0 aliphatic carbocycles. The highest BCUT2D eigenvalue weighted by atomic mass is 32.2. The van der Waals surface area contributed by atoms with Crippen LogP contribution in [0.1, 0.15) is 39.7 Å². The SMILES string of the molecule is C=CC(=O)NC1C(C)(C)CN(S(=O)(=O)c2ccc(NC(=O)CCc3cccc4ccccc34)cc2)CC1(C)C. The highest BCUT2D eigenvalue weighted by Gasteiger charge is 2.50. The first kappa shape index (κ1) is 28.5. The van der Waals surface area contributed by atoms with Crippen LogP contribution in [0.5, 0.6) is 0 Å². The van der Waals surface area contributed by atoms with Gasteiger partial charge in [-0.05, 0) is 63.9 Å². The van der Waals surface area contributed by atoms with E-state index in [1.165, 1.54) is 22.5 Å². The van der Waals surface area contributed by atoms with Gasteiger partial charge in [-0.2, -0.15) is 4.31 Å². The van der Waals surface area contributed by atoms with Crippen molar-refractivity contribution in [3.8, 4) is 0 Å². The lowest BCUT2D eigenvalue weighted by atomic mass is 9.67. The van der Waals surface area contributed by atoms with Gasteiger partial charge >= 0.3 is 0 Å². The lowest BCUT2D eigenvalue weighted by Crippen LogP contribution is -2.64. The molecule has 0 aromatic heterocycles. The number of carbonyl (C=O) groups is 2. The van der Waals surface area contributed by atoms with Crippen molar-refractivity contribution in [3.63, 3.8) is 0 Å². The average molecular weight is 548 g/mol. The molecule has 1 fully saturated rings. The van der Waals surface area contributed by atoms with Gasteiger partial charge in [0, 0.05) is 31.2 Å². The number of amides is 2. The summed E-state index contributed by atoms with van der Waals surface area (Å²) >= 11 is 0. The van der Waals surface area contributed by atoms with Crippen molar-refractivity contribution >= 4 is 38.3 Å². The van der Waals surface area contributed by atoms with Gasteiger partial charge in [0.2, 0.25) is 21.8 Å².